The second-order valence-electron chi connectivity index (χ2n) is 6.19. The normalized spacial score (nSPS) is 23.4. The number of hydrogen-bond donors (Lipinski definition) is 5. The van der Waals surface area contributed by atoms with Crippen LogP contribution in [0.15, 0.2) is 15.6 Å². The molecule has 6 N–H and O–H groups in total. The Labute approximate surface area is 249 Å². The molecule has 3 rings (SSSR count). The molecule has 26 heteroatoms. The summed E-state index contributed by atoms with van der Waals surface area (Å²) < 4.78 is 38.1. The molecule has 1 fully saturated rings. The number of anilines is 1. The summed E-state index contributed by atoms with van der Waals surface area (Å²) in [5, 5.41) is 20.4. The van der Waals surface area contributed by atoms with E-state index in [0.29, 0.717) is 0 Å². The molecule has 0 aromatic carbocycles. The van der Waals surface area contributed by atoms with Crippen LogP contribution in [0.3, 0.4) is 0 Å². The van der Waals surface area contributed by atoms with Gasteiger partial charge < -0.3 is 54.0 Å². The smallest absolute Gasteiger partial charge is 0.806 e. The number of phosphoric acid groups is 1. The van der Waals surface area contributed by atoms with Crippen LogP contribution in [-0.2, 0) is 22.7 Å². The van der Waals surface area contributed by atoms with Crippen molar-refractivity contribution in [3.63, 3.8) is 0 Å². The first-order valence-electron chi connectivity index (χ1n) is 8.09. The van der Waals surface area contributed by atoms with Crippen molar-refractivity contribution in [3.05, 3.63) is 16.7 Å². The Morgan fingerprint density at radius 2 is 1.75 bits per heavy atom. The molecule has 5 atom stereocenters. The third kappa shape index (κ3) is 9.78. The average molecular weight is 546 g/mol. The van der Waals surface area contributed by atoms with Gasteiger partial charge in [-0.15, -0.1) is 0 Å². The van der Waals surface area contributed by atoms with Crippen molar-refractivity contribution in [3.8, 4) is 0 Å². The molecular formula is C10H13Li4N6O13P3. The molecule has 1 unspecified atom stereocenters. The van der Waals surface area contributed by atoms with Crippen molar-refractivity contribution in [2.75, 3.05) is 12.3 Å². The Morgan fingerprint density at radius 1 is 1.17 bits per heavy atom. The molecule has 180 valence electrons. The molecule has 0 radical (unpaired) electrons. The molecule has 0 aliphatic carbocycles. The van der Waals surface area contributed by atoms with E-state index in [-0.39, 0.29) is 92.6 Å². The van der Waals surface area contributed by atoms with E-state index in [1.165, 1.54) is 0 Å². The quantitative estimate of drug-likeness (QED) is 0.159. The van der Waals surface area contributed by atoms with Crippen LogP contribution in [0, 0.1) is 0 Å². The predicted molar refractivity (Wildman–Crippen MR) is 92.3 cm³/mol. The standard InChI is InChI=1S/C10H15N6O13P3.4Li/c11-10-13-7-4(8(19)14-10)12-2-16(7)9-6(18)5(17)3(28-9)1-27-30(20,21)15-31(22,23)29-32(24,25)26;;;;/h2-3,5-6,9,17-18H,1H2,(H6-2,11,13,14,19,20,21,22,23,24,25,26);;;;/q-2;4*+1/p-2/t3-,5-,6-,9-;;;;/m1..../s1. The topological polar surface area (TPSA) is 317 Å². The number of aromatic amines is 1. The molecule has 1 aliphatic heterocycles. The maximum atomic E-state index is 11.8. The molecule has 1 aliphatic rings. The molecule has 0 spiro atoms. The van der Waals surface area contributed by atoms with E-state index in [2.05, 4.69) is 28.3 Å². The van der Waals surface area contributed by atoms with Crippen LogP contribution in [-0.4, -0.2) is 59.5 Å². The average Bonchev–Trinajstić information content (AvgIpc) is 3.12. The maximum Gasteiger partial charge on any atom is 1.00 e. The third-order valence-corrected chi connectivity index (χ3v) is 7.79. The van der Waals surface area contributed by atoms with Gasteiger partial charge in [0, 0.05) is 0 Å². The molecule has 1 saturated heterocycles. The van der Waals surface area contributed by atoms with Gasteiger partial charge in [-0.1, -0.05) is 0 Å². The second kappa shape index (κ2) is 14.5. The van der Waals surface area contributed by atoms with Gasteiger partial charge in [0.2, 0.25) is 5.95 Å². The van der Waals surface area contributed by atoms with E-state index in [1.807, 2.05) is 0 Å². The van der Waals surface area contributed by atoms with E-state index in [4.69, 9.17) is 10.5 Å². The number of aromatic nitrogens is 4. The maximum absolute atomic E-state index is 11.8. The van der Waals surface area contributed by atoms with Crippen molar-refractivity contribution < 1.29 is 133 Å². The molecule has 19 nitrogen and oxygen atoms in total. The minimum Gasteiger partial charge on any atom is -0.806 e. The summed E-state index contributed by atoms with van der Waals surface area (Å²) in [6.07, 6.45) is -5.43. The number of nitrogens with one attached hydrogen (secondary N) is 1. The Bertz CT molecular complexity index is 1230. The van der Waals surface area contributed by atoms with E-state index in [9.17, 15) is 48.6 Å². The van der Waals surface area contributed by atoms with Crippen molar-refractivity contribution >= 4 is 40.4 Å². The summed E-state index contributed by atoms with van der Waals surface area (Å²) in [4.78, 5) is 74.3. The minimum absolute atomic E-state index is 0. The van der Waals surface area contributed by atoms with Gasteiger partial charge in [-0.25, -0.2) is 14.1 Å². The van der Waals surface area contributed by atoms with Crippen molar-refractivity contribution in [2.24, 2.45) is 4.52 Å². The number of ether oxygens (including phenoxy) is 1. The van der Waals surface area contributed by atoms with Crippen LogP contribution in [0.5, 0.6) is 0 Å². The monoisotopic (exact) mass is 546 g/mol. The summed E-state index contributed by atoms with van der Waals surface area (Å²) >= 11 is 0. The van der Waals surface area contributed by atoms with Crippen LogP contribution in [0.25, 0.3) is 11.2 Å². The van der Waals surface area contributed by atoms with Crippen molar-refractivity contribution in [1.29, 1.82) is 0 Å². The van der Waals surface area contributed by atoms with Crippen LogP contribution in [0.1, 0.15) is 6.23 Å². The van der Waals surface area contributed by atoms with Crippen LogP contribution >= 0.6 is 23.3 Å². The molecule has 0 saturated carbocycles. The molecule has 36 heavy (non-hydrogen) atoms. The number of nitrogens with zero attached hydrogens (tertiary/aromatic N) is 4. The van der Waals surface area contributed by atoms with Gasteiger partial charge >= 0.3 is 83.2 Å². The Morgan fingerprint density at radius 3 is 2.31 bits per heavy atom. The zero-order valence-corrected chi connectivity index (χ0v) is 21.9. The second-order valence-corrected chi connectivity index (χ2v) is 10.6. The number of H-pyrrole nitrogens is 1. The van der Waals surface area contributed by atoms with Gasteiger partial charge in [0.25, 0.3) is 5.56 Å². The first-order chi connectivity index (χ1) is 14.6. The van der Waals surface area contributed by atoms with Crippen LogP contribution in [0.4, 0.5) is 5.95 Å². The number of rotatable bonds is 7. The van der Waals surface area contributed by atoms with Gasteiger partial charge in [0.15, 0.2) is 17.4 Å². The molecule has 2 aromatic heterocycles. The summed E-state index contributed by atoms with van der Waals surface area (Å²) in [6, 6.07) is 0. The zero-order chi connectivity index (χ0) is 24.1. The Kier molecular flexibility index (Phi) is 15.7. The summed E-state index contributed by atoms with van der Waals surface area (Å²) in [5.41, 5.74) is 4.45. The zero-order valence-electron chi connectivity index (χ0n) is 19.2. The number of aliphatic hydroxyl groups is 2. The molecular weight excluding hydrogens is 533 g/mol. The van der Waals surface area contributed by atoms with E-state index in [1.54, 1.807) is 0 Å². The molecule has 3 heterocycles. The largest absolute Gasteiger partial charge is 1.00 e. The number of fused-ring (bicyclic) bond motifs is 1. The minimum atomic E-state index is -6.10. The number of nitrogen functional groups attached to an aromatic ring is 1. The fraction of sp³-hybridized carbons (Fsp3) is 0.500. The van der Waals surface area contributed by atoms with Gasteiger partial charge in [0.1, 0.15) is 18.3 Å². The third-order valence-electron chi connectivity index (χ3n) is 3.89. The van der Waals surface area contributed by atoms with E-state index < -0.39 is 60.0 Å². The summed E-state index contributed by atoms with van der Waals surface area (Å²) in [6.45, 7) is -1.04. The first-order valence-corrected chi connectivity index (χ1v) is 12.6. The van der Waals surface area contributed by atoms with Gasteiger partial charge in [-0.05, 0) is 7.74 Å². The molecule has 2 aromatic rings. The van der Waals surface area contributed by atoms with Crippen LogP contribution in [0.2, 0.25) is 0 Å². The van der Waals surface area contributed by atoms with Crippen molar-refractivity contribution in [1.82, 2.24) is 19.5 Å². The number of nitrogens with two attached hydrogens (primary N) is 1. The SMILES string of the molecule is Nc1nc2c(ncn2[C@@H]2O[C@H](COP(=O)(O)N=P([O-])([O-])OP(=O)([O-])[O-])[C@@H](O)[C@H]2O)c(=O)[nH]1.[Li+].[Li+].[Li+].[Li+]. The number of hydrogen-bond acceptors (Lipinski definition) is 15. The van der Waals surface area contributed by atoms with Gasteiger partial charge in [0.05, 0.1) is 20.8 Å². The Balaban J connectivity index is 0. The molecule has 0 bridgehead atoms. The molecule has 0 amide bonds. The van der Waals surface area contributed by atoms with Crippen LogP contribution < -0.4 is 106 Å². The van der Waals surface area contributed by atoms with E-state index in [0.717, 1.165) is 10.9 Å². The van der Waals surface area contributed by atoms with E-state index >= 15 is 0 Å². The summed E-state index contributed by atoms with van der Waals surface area (Å²) in [5.74, 6) is -0.287. The van der Waals surface area contributed by atoms with Crippen molar-refractivity contribution in [2.45, 2.75) is 24.5 Å². The fourth-order valence-corrected chi connectivity index (χ4v) is 5.79. The number of imidazole rings is 1. The fourth-order valence-electron chi connectivity index (χ4n) is 2.70. The number of aliphatic hydroxyl groups excluding tert-OH is 2. The Hall–Kier alpha value is 0.830. The predicted octanol–water partition coefficient (Wildman–Crippen LogP) is -17.0. The first kappa shape index (κ1) is 39.0. The summed E-state index contributed by atoms with van der Waals surface area (Å²) in [7, 11) is -17.6. The van der Waals surface area contributed by atoms with Gasteiger partial charge in [-0.2, -0.15) is 4.98 Å². The van der Waals surface area contributed by atoms with Gasteiger partial charge in [-0.3, -0.25) is 18.9 Å².